The van der Waals surface area contributed by atoms with E-state index in [9.17, 15) is 4.39 Å². The highest BCUT2D eigenvalue weighted by Gasteiger charge is 2.09. The molecule has 0 unspecified atom stereocenters. The smallest absolute Gasteiger partial charge is 0.228 e. The molecule has 90 valence electrons. The minimum atomic E-state index is -0.423. The van der Waals surface area contributed by atoms with E-state index in [4.69, 9.17) is 5.26 Å². The van der Waals surface area contributed by atoms with Gasteiger partial charge in [-0.05, 0) is 41.1 Å². The van der Waals surface area contributed by atoms with Gasteiger partial charge in [-0.1, -0.05) is 6.07 Å². The second-order valence-electron chi connectivity index (χ2n) is 3.55. The number of anilines is 2. The van der Waals surface area contributed by atoms with Crippen molar-refractivity contribution in [3.05, 3.63) is 45.9 Å². The topological polar surface area (TPSA) is 61.6 Å². The van der Waals surface area contributed by atoms with Gasteiger partial charge in [0.05, 0.1) is 5.69 Å². The Morgan fingerprint density at radius 1 is 1.39 bits per heavy atom. The molecule has 1 heterocycles. The van der Waals surface area contributed by atoms with Crippen molar-refractivity contribution >= 4 is 27.6 Å². The van der Waals surface area contributed by atoms with Crippen molar-refractivity contribution in [3.63, 3.8) is 0 Å². The van der Waals surface area contributed by atoms with Gasteiger partial charge in [0.15, 0.2) is 0 Å². The number of hydrogen-bond acceptors (Lipinski definition) is 4. The molecular weight excluding hydrogens is 299 g/mol. The van der Waals surface area contributed by atoms with Gasteiger partial charge in [0.1, 0.15) is 17.6 Å². The van der Waals surface area contributed by atoms with Gasteiger partial charge in [-0.25, -0.2) is 14.4 Å². The third kappa shape index (κ3) is 2.63. The zero-order valence-corrected chi connectivity index (χ0v) is 11.0. The van der Waals surface area contributed by atoms with Crippen LogP contribution < -0.4 is 5.32 Å². The Kier molecular flexibility index (Phi) is 3.53. The Balaban J connectivity index is 2.40. The molecule has 0 amide bonds. The molecule has 0 aliphatic heterocycles. The van der Waals surface area contributed by atoms with Crippen molar-refractivity contribution in [2.75, 3.05) is 5.32 Å². The summed E-state index contributed by atoms with van der Waals surface area (Å²) in [6, 6.07) is 8.10. The Morgan fingerprint density at radius 3 is 2.83 bits per heavy atom. The lowest BCUT2D eigenvalue weighted by atomic mass is 10.3. The number of hydrogen-bond donors (Lipinski definition) is 1. The van der Waals surface area contributed by atoms with Crippen molar-refractivity contribution < 1.29 is 4.39 Å². The SMILES string of the molecule is Cc1cc(C#N)nc(Nc2c(F)cccc2Br)n1. The van der Waals surface area contributed by atoms with Crippen molar-refractivity contribution in [2.24, 2.45) is 0 Å². The van der Waals surface area contributed by atoms with Crippen LogP contribution >= 0.6 is 15.9 Å². The van der Waals surface area contributed by atoms with Crippen LogP contribution in [-0.4, -0.2) is 9.97 Å². The Labute approximate surface area is 112 Å². The number of aromatic nitrogens is 2. The molecule has 1 N–H and O–H groups in total. The molecule has 0 radical (unpaired) electrons. The molecule has 1 aromatic carbocycles. The molecule has 0 aliphatic rings. The first-order valence-electron chi connectivity index (χ1n) is 5.07. The molecule has 4 nitrogen and oxygen atoms in total. The van der Waals surface area contributed by atoms with Gasteiger partial charge in [-0.15, -0.1) is 0 Å². The van der Waals surface area contributed by atoms with Crippen LogP contribution in [0.3, 0.4) is 0 Å². The van der Waals surface area contributed by atoms with Gasteiger partial charge in [0, 0.05) is 10.2 Å². The maximum atomic E-state index is 13.6. The molecule has 0 atom stereocenters. The molecular formula is C12H8BrFN4. The van der Waals surface area contributed by atoms with E-state index in [0.29, 0.717) is 10.2 Å². The quantitative estimate of drug-likeness (QED) is 0.924. The standard InChI is InChI=1S/C12H8BrFN4/c1-7-5-8(6-15)17-12(16-7)18-11-9(13)3-2-4-10(11)14/h2-5H,1H3,(H,16,17,18). The summed E-state index contributed by atoms with van der Waals surface area (Å²) < 4.78 is 14.2. The monoisotopic (exact) mass is 306 g/mol. The average molecular weight is 307 g/mol. The highest BCUT2D eigenvalue weighted by molar-refractivity contribution is 9.10. The molecule has 0 saturated carbocycles. The van der Waals surface area contributed by atoms with Crippen LogP contribution in [0.5, 0.6) is 0 Å². The first-order chi connectivity index (χ1) is 8.60. The molecule has 0 bridgehead atoms. The Bertz CT molecular complexity index is 616. The van der Waals surface area contributed by atoms with E-state index in [-0.39, 0.29) is 17.3 Å². The number of halogens is 2. The summed E-state index contributed by atoms with van der Waals surface area (Å²) in [6.07, 6.45) is 0. The fourth-order valence-corrected chi connectivity index (χ4v) is 1.85. The highest BCUT2D eigenvalue weighted by atomic mass is 79.9. The van der Waals surface area contributed by atoms with Crippen LogP contribution in [0, 0.1) is 24.1 Å². The van der Waals surface area contributed by atoms with Crippen LogP contribution in [0.2, 0.25) is 0 Å². The van der Waals surface area contributed by atoms with Crippen LogP contribution in [0.15, 0.2) is 28.7 Å². The zero-order valence-electron chi connectivity index (χ0n) is 9.41. The summed E-state index contributed by atoms with van der Waals surface area (Å²) in [5.74, 6) is -0.231. The summed E-state index contributed by atoms with van der Waals surface area (Å²) >= 11 is 3.24. The molecule has 18 heavy (non-hydrogen) atoms. The summed E-state index contributed by atoms with van der Waals surface area (Å²) in [5.41, 5.74) is 1.11. The lowest BCUT2D eigenvalue weighted by Gasteiger charge is -2.08. The minimum absolute atomic E-state index is 0.192. The first kappa shape index (κ1) is 12.5. The van der Waals surface area contributed by atoms with Gasteiger partial charge in [-0.3, -0.25) is 0 Å². The highest BCUT2D eigenvalue weighted by Crippen LogP contribution is 2.27. The predicted octanol–water partition coefficient (Wildman–Crippen LogP) is 3.30. The second kappa shape index (κ2) is 5.10. The third-order valence-corrected chi connectivity index (χ3v) is 2.83. The summed E-state index contributed by atoms with van der Waals surface area (Å²) in [7, 11) is 0. The van der Waals surface area contributed by atoms with E-state index in [1.165, 1.54) is 6.07 Å². The number of nitrogens with zero attached hydrogens (tertiary/aromatic N) is 3. The van der Waals surface area contributed by atoms with Crippen LogP contribution in [0.1, 0.15) is 11.4 Å². The molecule has 1 aromatic heterocycles. The number of aryl methyl sites for hydroxylation is 1. The maximum absolute atomic E-state index is 13.6. The van der Waals surface area contributed by atoms with Gasteiger partial charge in [0.25, 0.3) is 0 Å². The minimum Gasteiger partial charge on any atom is -0.321 e. The van der Waals surface area contributed by atoms with E-state index in [1.807, 2.05) is 6.07 Å². The third-order valence-electron chi connectivity index (χ3n) is 2.17. The molecule has 0 spiro atoms. The van der Waals surface area contributed by atoms with E-state index in [2.05, 4.69) is 31.2 Å². The number of benzene rings is 1. The van der Waals surface area contributed by atoms with E-state index in [0.717, 1.165) is 0 Å². The van der Waals surface area contributed by atoms with Crippen LogP contribution in [0.4, 0.5) is 16.0 Å². The van der Waals surface area contributed by atoms with Crippen molar-refractivity contribution in [1.29, 1.82) is 5.26 Å². The number of para-hydroxylation sites is 1. The molecule has 2 rings (SSSR count). The van der Waals surface area contributed by atoms with Crippen molar-refractivity contribution in [3.8, 4) is 6.07 Å². The summed E-state index contributed by atoms with van der Waals surface area (Å²) in [6.45, 7) is 1.74. The maximum Gasteiger partial charge on any atom is 0.228 e. The van der Waals surface area contributed by atoms with Crippen molar-refractivity contribution in [1.82, 2.24) is 9.97 Å². The van der Waals surface area contributed by atoms with E-state index >= 15 is 0 Å². The molecule has 0 fully saturated rings. The fraction of sp³-hybridized carbons (Fsp3) is 0.0833. The second-order valence-corrected chi connectivity index (χ2v) is 4.41. The zero-order chi connectivity index (χ0) is 13.1. The largest absolute Gasteiger partial charge is 0.321 e. The summed E-state index contributed by atoms with van der Waals surface area (Å²) in [4.78, 5) is 8.06. The fourth-order valence-electron chi connectivity index (χ4n) is 1.41. The van der Waals surface area contributed by atoms with Crippen LogP contribution in [0.25, 0.3) is 0 Å². The number of nitrogens with one attached hydrogen (secondary N) is 1. The molecule has 0 aliphatic carbocycles. The van der Waals surface area contributed by atoms with Gasteiger partial charge in [-0.2, -0.15) is 5.26 Å². The lowest BCUT2D eigenvalue weighted by Crippen LogP contribution is -2.02. The van der Waals surface area contributed by atoms with Gasteiger partial charge < -0.3 is 5.32 Å². The van der Waals surface area contributed by atoms with E-state index < -0.39 is 5.82 Å². The Hall–Kier alpha value is -2.00. The average Bonchev–Trinajstić information content (AvgIpc) is 2.33. The summed E-state index contributed by atoms with van der Waals surface area (Å²) in [5, 5.41) is 11.6. The normalized spacial score (nSPS) is 9.89. The van der Waals surface area contributed by atoms with Gasteiger partial charge >= 0.3 is 0 Å². The predicted molar refractivity (Wildman–Crippen MR) is 68.9 cm³/mol. The van der Waals surface area contributed by atoms with Crippen molar-refractivity contribution in [2.45, 2.75) is 6.92 Å². The molecule has 6 heteroatoms. The molecule has 2 aromatic rings. The number of rotatable bonds is 2. The lowest BCUT2D eigenvalue weighted by molar-refractivity contribution is 0.631. The van der Waals surface area contributed by atoms with Crippen LogP contribution in [-0.2, 0) is 0 Å². The first-order valence-corrected chi connectivity index (χ1v) is 5.86. The van der Waals surface area contributed by atoms with Gasteiger partial charge in [0.2, 0.25) is 5.95 Å². The van der Waals surface area contributed by atoms with E-state index in [1.54, 1.807) is 25.1 Å². The number of nitriles is 1. The molecule has 0 saturated heterocycles. The Morgan fingerprint density at radius 2 is 2.17 bits per heavy atom.